The van der Waals surface area contributed by atoms with E-state index in [1.54, 1.807) is 0 Å². The lowest BCUT2D eigenvalue weighted by molar-refractivity contribution is 0.0813. The second-order valence-corrected chi connectivity index (χ2v) is 5.41. The molecule has 86 valence electrons. The Hall–Kier alpha value is -0.820. The number of benzene rings is 1. The number of rotatable bonds is 4. The third-order valence-electron chi connectivity index (χ3n) is 4.49. The molecule has 1 aromatic rings. The minimum absolute atomic E-state index is 0.811. The van der Waals surface area contributed by atoms with E-state index in [4.69, 9.17) is 0 Å². The van der Waals surface area contributed by atoms with Gasteiger partial charge in [-0.2, -0.15) is 0 Å². The molecular formula is C15H21N. The van der Waals surface area contributed by atoms with E-state index in [2.05, 4.69) is 35.6 Å². The standard InChI is InChI=1S/C15H21N/c1-2-5-12(6-3-1)11-16-15-10-9-14(15)13-7-4-8-13/h1-3,5-6,13-16H,4,7-11H2. The summed E-state index contributed by atoms with van der Waals surface area (Å²) in [6, 6.07) is 11.6. The van der Waals surface area contributed by atoms with Crippen LogP contribution < -0.4 is 5.32 Å². The Morgan fingerprint density at radius 3 is 2.38 bits per heavy atom. The normalized spacial score (nSPS) is 29.5. The monoisotopic (exact) mass is 215 g/mol. The van der Waals surface area contributed by atoms with Crippen LogP contribution in [0.4, 0.5) is 0 Å². The molecule has 2 atom stereocenters. The SMILES string of the molecule is c1ccc(CNC2CCC2C2CCC2)cc1. The minimum atomic E-state index is 0.811. The highest BCUT2D eigenvalue weighted by Crippen LogP contribution is 2.43. The molecule has 0 saturated heterocycles. The van der Waals surface area contributed by atoms with Crippen molar-refractivity contribution < 1.29 is 0 Å². The van der Waals surface area contributed by atoms with Gasteiger partial charge in [-0.05, 0) is 30.2 Å². The number of hydrogen-bond acceptors (Lipinski definition) is 1. The van der Waals surface area contributed by atoms with Crippen molar-refractivity contribution in [3.05, 3.63) is 35.9 Å². The van der Waals surface area contributed by atoms with Crippen molar-refractivity contribution in [3.8, 4) is 0 Å². The quantitative estimate of drug-likeness (QED) is 0.812. The van der Waals surface area contributed by atoms with Crippen molar-refractivity contribution in [3.63, 3.8) is 0 Å². The van der Waals surface area contributed by atoms with Crippen molar-refractivity contribution in [1.29, 1.82) is 0 Å². The van der Waals surface area contributed by atoms with Crippen LogP contribution in [0.2, 0.25) is 0 Å². The Morgan fingerprint density at radius 1 is 1.00 bits per heavy atom. The maximum Gasteiger partial charge on any atom is 0.0208 e. The van der Waals surface area contributed by atoms with Crippen LogP contribution in [-0.2, 0) is 6.54 Å². The maximum atomic E-state index is 3.73. The molecule has 0 spiro atoms. The van der Waals surface area contributed by atoms with Crippen LogP contribution in [0, 0.1) is 11.8 Å². The summed E-state index contributed by atoms with van der Waals surface area (Å²) in [4.78, 5) is 0. The van der Waals surface area contributed by atoms with E-state index in [0.717, 1.165) is 24.4 Å². The summed E-state index contributed by atoms with van der Waals surface area (Å²) < 4.78 is 0. The highest BCUT2D eigenvalue weighted by molar-refractivity contribution is 5.14. The predicted octanol–water partition coefficient (Wildman–Crippen LogP) is 3.35. The van der Waals surface area contributed by atoms with Crippen LogP contribution in [0.25, 0.3) is 0 Å². The summed E-state index contributed by atoms with van der Waals surface area (Å²) in [5, 5.41) is 3.73. The molecule has 0 radical (unpaired) electrons. The number of nitrogens with one attached hydrogen (secondary N) is 1. The highest BCUT2D eigenvalue weighted by atomic mass is 14.9. The van der Waals surface area contributed by atoms with Crippen molar-refractivity contribution in [1.82, 2.24) is 5.32 Å². The fourth-order valence-corrected chi connectivity index (χ4v) is 3.06. The van der Waals surface area contributed by atoms with E-state index in [9.17, 15) is 0 Å². The van der Waals surface area contributed by atoms with Crippen molar-refractivity contribution in [2.45, 2.75) is 44.7 Å². The molecule has 0 bridgehead atoms. The molecule has 0 aromatic heterocycles. The van der Waals surface area contributed by atoms with Gasteiger partial charge in [0.1, 0.15) is 0 Å². The van der Waals surface area contributed by atoms with Crippen molar-refractivity contribution >= 4 is 0 Å². The molecule has 0 amide bonds. The van der Waals surface area contributed by atoms with Gasteiger partial charge in [0.05, 0.1) is 0 Å². The van der Waals surface area contributed by atoms with Gasteiger partial charge in [0.15, 0.2) is 0 Å². The third-order valence-corrected chi connectivity index (χ3v) is 4.49. The van der Waals surface area contributed by atoms with Gasteiger partial charge in [-0.3, -0.25) is 0 Å². The Labute approximate surface area is 98.3 Å². The molecule has 2 aliphatic carbocycles. The first-order valence-electron chi connectivity index (χ1n) is 6.71. The fourth-order valence-electron chi connectivity index (χ4n) is 3.06. The van der Waals surface area contributed by atoms with E-state index >= 15 is 0 Å². The smallest absolute Gasteiger partial charge is 0.0208 e. The second-order valence-electron chi connectivity index (χ2n) is 5.41. The summed E-state index contributed by atoms with van der Waals surface area (Å²) in [5.41, 5.74) is 1.42. The molecule has 2 aliphatic rings. The lowest BCUT2D eigenvalue weighted by atomic mass is 9.64. The topological polar surface area (TPSA) is 12.0 Å². The van der Waals surface area contributed by atoms with Gasteiger partial charge >= 0.3 is 0 Å². The van der Waals surface area contributed by atoms with Gasteiger partial charge in [-0.25, -0.2) is 0 Å². The summed E-state index contributed by atoms with van der Waals surface area (Å²) in [6.45, 7) is 1.05. The molecule has 2 saturated carbocycles. The van der Waals surface area contributed by atoms with E-state index in [1.165, 1.54) is 37.7 Å². The van der Waals surface area contributed by atoms with Crippen LogP contribution >= 0.6 is 0 Å². The summed E-state index contributed by atoms with van der Waals surface area (Å²) in [7, 11) is 0. The first-order chi connectivity index (χ1) is 7.93. The van der Waals surface area contributed by atoms with Gasteiger partial charge in [0.25, 0.3) is 0 Å². The van der Waals surface area contributed by atoms with E-state index in [0.29, 0.717) is 0 Å². The van der Waals surface area contributed by atoms with Gasteiger partial charge < -0.3 is 5.32 Å². The average molecular weight is 215 g/mol. The average Bonchev–Trinajstić information content (AvgIpc) is 2.23. The molecule has 16 heavy (non-hydrogen) atoms. The molecule has 3 rings (SSSR count). The Balaban J connectivity index is 1.48. The molecular weight excluding hydrogens is 194 g/mol. The van der Waals surface area contributed by atoms with E-state index in [1.807, 2.05) is 0 Å². The van der Waals surface area contributed by atoms with E-state index < -0.39 is 0 Å². The molecule has 0 aliphatic heterocycles. The molecule has 0 heterocycles. The van der Waals surface area contributed by atoms with Crippen molar-refractivity contribution in [2.75, 3.05) is 0 Å². The van der Waals surface area contributed by atoms with Gasteiger partial charge in [0.2, 0.25) is 0 Å². The zero-order valence-electron chi connectivity index (χ0n) is 9.86. The first-order valence-corrected chi connectivity index (χ1v) is 6.71. The highest BCUT2D eigenvalue weighted by Gasteiger charge is 2.38. The zero-order chi connectivity index (χ0) is 10.8. The maximum absolute atomic E-state index is 3.73. The van der Waals surface area contributed by atoms with Crippen LogP contribution in [0.3, 0.4) is 0 Å². The zero-order valence-corrected chi connectivity index (χ0v) is 9.86. The first kappa shape index (κ1) is 10.3. The third kappa shape index (κ3) is 2.01. The summed E-state index contributed by atoms with van der Waals surface area (Å²) in [6.07, 6.45) is 7.33. The van der Waals surface area contributed by atoms with Crippen LogP contribution in [0.15, 0.2) is 30.3 Å². The predicted molar refractivity (Wildman–Crippen MR) is 67.1 cm³/mol. The van der Waals surface area contributed by atoms with Crippen LogP contribution in [-0.4, -0.2) is 6.04 Å². The summed E-state index contributed by atoms with van der Waals surface area (Å²) in [5.74, 6) is 2.06. The van der Waals surface area contributed by atoms with Gasteiger partial charge in [-0.1, -0.05) is 49.6 Å². The lowest BCUT2D eigenvalue weighted by Gasteiger charge is -2.46. The second kappa shape index (κ2) is 4.58. The molecule has 1 N–H and O–H groups in total. The van der Waals surface area contributed by atoms with Gasteiger partial charge in [-0.15, -0.1) is 0 Å². The largest absolute Gasteiger partial charge is 0.310 e. The molecule has 1 heteroatoms. The molecule has 2 fully saturated rings. The molecule has 1 aromatic carbocycles. The minimum Gasteiger partial charge on any atom is -0.310 e. The van der Waals surface area contributed by atoms with E-state index in [-0.39, 0.29) is 0 Å². The Morgan fingerprint density at radius 2 is 1.81 bits per heavy atom. The number of hydrogen-bond donors (Lipinski definition) is 1. The summed E-state index contributed by atoms with van der Waals surface area (Å²) >= 11 is 0. The Bertz CT molecular complexity index is 329. The molecule has 1 nitrogen and oxygen atoms in total. The van der Waals surface area contributed by atoms with Crippen molar-refractivity contribution in [2.24, 2.45) is 11.8 Å². The van der Waals surface area contributed by atoms with Crippen LogP contribution in [0.1, 0.15) is 37.7 Å². The fraction of sp³-hybridized carbons (Fsp3) is 0.600. The Kier molecular flexibility index (Phi) is 2.96. The lowest BCUT2D eigenvalue weighted by Crippen LogP contribution is -2.48. The van der Waals surface area contributed by atoms with Crippen LogP contribution in [0.5, 0.6) is 0 Å². The van der Waals surface area contributed by atoms with Gasteiger partial charge in [0, 0.05) is 12.6 Å². The molecule has 2 unspecified atom stereocenters.